The van der Waals surface area contributed by atoms with E-state index in [4.69, 9.17) is 21.7 Å². The molecule has 1 aliphatic heterocycles. The van der Waals surface area contributed by atoms with E-state index < -0.39 is 0 Å². The largest absolute Gasteiger partial charge is 0.497 e. The summed E-state index contributed by atoms with van der Waals surface area (Å²) in [7, 11) is 3.23. The number of carbonyl (C=O) groups excluding carboxylic acids is 1. The van der Waals surface area contributed by atoms with E-state index in [1.54, 1.807) is 44.6 Å². The van der Waals surface area contributed by atoms with Crippen molar-refractivity contribution in [3.8, 4) is 11.5 Å². The van der Waals surface area contributed by atoms with Gasteiger partial charge in [0, 0.05) is 0 Å². The molecule has 0 spiro atoms. The minimum atomic E-state index is -0.191. The van der Waals surface area contributed by atoms with Crippen LogP contribution in [0.15, 0.2) is 48.2 Å². The second-order valence-electron chi connectivity index (χ2n) is 5.56. The number of carbonyl (C=O) groups is 1. The number of nitrogens with zero attached hydrogens (tertiary/aromatic N) is 1. The first-order chi connectivity index (χ1) is 12.0. The van der Waals surface area contributed by atoms with Crippen LogP contribution in [0.5, 0.6) is 11.5 Å². The Balaban J connectivity index is 1.88. The number of thiocarbonyl (C=S) groups is 1. The highest BCUT2D eigenvalue weighted by Gasteiger charge is 2.31. The number of aryl methyl sites for hydroxylation is 1. The maximum Gasteiger partial charge on any atom is 0.281 e. The zero-order chi connectivity index (χ0) is 18.0. The number of hydrogen-bond acceptors (Lipinski definition) is 4. The molecule has 5 nitrogen and oxygen atoms in total. The topological polar surface area (TPSA) is 50.8 Å². The first-order valence-electron chi connectivity index (χ1n) is 7.69. The Morgan fingerprint density at radius 2 is 1.80 bits per heavy atom. The molecular formula is C19H18N2O3S. The quantitative estimate of drug-likeness (QED) is 0.675. The molecule has 0 radical (unpaired) electrons. The Kier molecular flexibility index (Phi) is 4.72. The van der Waals surface area contributed by atoms with Gasteiger partial charge < -0.3 is 14.8 Å². The minimum Gasteiger partial charge on any atom is -0.497 e. The first-order valence-corrected chi connectivity index (χ1v) is 8.10. The molecule has 1 amide bonds. The molecule has 0 unspecified atom stereocenters. The molecule has 128 valence electrons. The lowest BCUT2D eigenvalue weighted by molar-refractivity contribution is -0.113. The van der Waals surface area contributed by atoms with Crippen molar-refractivity contribution in [2.24, 2.45) is 0 Å². The van der Waals surface area contributed by atoms with Gasteiger partial charge in [-0.2, -0.15) is 0 Å². The number of hydrogen-bond donors (Lipinski definition) is 1. The van der Waals surface area contributed by atoms with E-state index in [0.717, 1.165) is 22.6 Å². The van der Waals surface area contributed by atoms with Crippen LogP contribution in [-0.4, -0.2) is 25.2 Å². The Bertz CT molecular complexity index is 859. The third kappa shape index (κ3) is 3.34. The van der Waals surface area contributed by atoms with Crippen LogP contribution in [0.1, 0.15) is 11.1 Å². The summed E-state index contributed by atoms with van der Waals surface area (Å²) >= 11 is 5.32. The molecule has 1 aliphatic rings. The van der Waals surface area contributed by atoms with Gasteiger partial charge in [-0.1, -0.05) is 6.07 Å². The summed E-state index contributed by atoms with van der Waals surface area (Å²) in [4.78, 5) is 14.2. The summed E-state index contributed by atoms with van der Waals surface area (Å²) in [6.45, 7) is 1.96. The molecule has 1 N–H and O–H groups in total. The Morgan fingerprint density at radius 3 is 2.40 bits per heavy atom. The van der Waals surface area contributed by atoms with Gasteiger partial charge in [0.1, 0.15) is 17.2 Å². The van der Waals surface area contributed by atoms with E-state index in [-0.39, 0.29) is 5.91 Å². The van der Waals surface area contributed by atoms with Crippen LogP contribution in [-0.2, 0) is 4.79 Å². The Hall–Kier alpha value is -2.86. The number of nitrogens with one attached hydrogen (secondary N) is 1. The summed E-state index contributed by atoms with van der Waals surface area (Å²) < 4.78 is 10.4. The molecule has 1 heterocycles. The fraction of sp³-hybridized carbons (Fsp3) is 0.158. The number of ether oxygens (including phenoxy) is 2. The maximum atomic E-state index is 12.7. The van der Waals surface area contributed by atoms with Crippen LogP contribution in [0.4, 0.5) is 5.69 Å². The van der Waals surface area contributed by atoms with Crippen molar-refractivity contribution in [3.05, 3.63) is 59.3 Å². The summed E-state index contributed by atoms with van der Waals surface area (Å²) in [6, 6.07) is 12.9. The summed E-state index contributed by atoms with van der Waals surface area (Å²) in [5.41, 5.74) is 3.02. The minimum absolute atomic E-state index is 0.191. The monoisotopic (exact) mass is 354 g/mol. The second-order valence-corrected chi connectivity index (χ2v) is 5.94. The standard InChI is InChI=1S/C19H18N2O3S/c1-12-10-13(4-9-17(12)24-3)11-16-18(22)21(19(25)20-16)14-5-7-15(23-2)8-6-14/h4-11H,1-3H3,(H,20,25)/b16-11-. The average molecular weight is 354 g/mol. The molecule has 0 aromatic heterocycles. The van der Waals surface area contributed by atoms with Crippen molar-refractivity contribution in [1.82, 2.24) is 5.32 Å². The number of rotatable bonds is 4. The normalized spacial score (nSPS) is 15.5. The van der Waals surface area contributed by atoms with E-state index in [2.05, 4.69) is 5.32 Å². The summed E-state index contributed by atoms with van der Waals surface area (Å²) in [5, 5.41) is 3.34. The highest BCUT2D eigenvalue weighted by molar-refractivity contribution is 7.80. The first kappa shape index (κ1) is 17.0. The highest BCUT2D eigenvalue weighted by Crippen LogP contribution is 2.25. The Morgan fingerprint density at radius 1 is 1.08 bits per heavy atom. The predicted molar refractivity (Wildman–Crippen MR) is 102 cm³/mol. The van der Waals surface area contributed by atoms with Crippen LogP contribution in [0.3, 0.4) is 0 Å². The molecule has 6 heteroatoms. The van der Waals surface area contributed by atoms with Gasteiger partial charge in [-0.3, -0.25) is 9.69 Å². The molecule has 2 aromatic rings. The zero-order valence-corrected chi connectivity index (χ0v) is 15.0. The van der Waals surface area contributed by atoms with E-state index in [1.807, 2.05) is 25.1 Å². The molecule has 0 atom stereocenters. The SMILES string of the molecule is COc1ccc(N2C(=O)/C(=C/c3ccc(OC)c(C)c3)NC2=S)cc1. The number of methoxy groups -OCH3 is 2. The average Bonchev–Trinajstić information content (AvgIpc) is 2.89. The van der Waals surface area contributed by atoms with Crippen molar-refractivity contribution in [2.75, 3.05) is 19.1 Å². The lowest BCUT2D eigenvalue weighted by Gasteiger charge is -2.14. The number of amides is 1. The molecule has 1 fully saturated rings. The lowest BCUT2D eigenvalue weighted by atomic mass is 10.1. The Labute approximate surface area is 151 Å². The van der Waals surface area contributed by atoms with Crippen LogP contribution in [0, 0.1) is 6.92 Å². The maximum absolute atomic E-state index is 12.7. The van der Waals surface area contributed by atoms with Gasteiger partial charge in [-0.05, 0) is 72.7 Å². The zero-order valence-electron chi connectivity index (χ0n) is 14.2. The van der Waals surface area contributed by atoms with Crippen molar-refractivity contribution in [3.63, 3.8) is 0 Å². The second kappa shape index (κ2) is 6.94. The van der Waals surface area contributed by atoms with Crippen molar-refractivity contribution in [1.29, 1.82) is 0 Å². The van der Waals surface area contributed by atoms with E-state index in [0.29, 0.717) is 16.5 Å². The van der Waals surface area contributed by atoms with E-state index in [9.17, 15) is 4.79 Å². The third-order valence-corrected chi connectivity index (χ3v) is 4.22. The van der Waals surface area contributed by atoms with E-state index in [1.165, 1.54) is 4.90 Å². The molecule has 0 aliphatic carbocycles. The molecule has 25 heavy (non-hydrogen) atoms. The summed E-state index contributed by atoms with van der Waals surface area (Å²) in [6.07, 6.45) is 1.78. The van der Waals surface area contributed by atoms with Crippen LogP contribution in [0.2, 0.25) is 0 Å². The van der Waals surface area contributed by atoms with Gasteiger partial charge in [0.15, 0.2) is 5.11 Å². The van der Waals surface area contributed by atoms with Crippen molar-refractivity contribution < 1.29 is 14.3 Å². The van der Waals surface area contributed by atoms with Gasteiger partial charge in [-0.25, -0.2) is 0 Å². The molecule has 0 bridgehead atoms. The molecule has 0 saturated carbocycles. The highest BCUT2D eigenvalue weighted by atomic mass is 32.1. The van der Waals surface area contributed by atoms with Gasteiger partial charge in [0.2, 0.25) is 0 Å². The molecular weight excluding hydrogens is 336 g/mol. The smallest absolute Gasteiger partial charge is 0.281 e. The van der Waals surface area contributed by atoms with Crippen molar-refractivity contribution in [2.45, 2.75) is 6.92 Å². The van der Waals surface area contributed by atoms with Crippen LogP contribution >= 0.6 is 12.2 Å². The van der Waals surface area contributed by atoms with Gasteiger partial charge in [-0.15, -0.1) is 0 Å². The molecule has 2 aromatic carbocycles. The predicted octanol–water partition coefficient (Wildman–Crippen LogP) is 3.27. The van der Waals surface area contributed by atoms with E-state index >= 15 is 0 Å². The molecule has 1 saturated heterocycles. The van der Waals surface area contributed by atoms with Gasteiger partial charge in [0.05, 0.1) is 19.9 Å². The number of anilines is 1. The number of benzene rings is 2. The lowest BCUT2D eigenvalue weighted by Crippen LogP contribution is -2.30. The van der Waals surface area contributed by atoms with Gasteiger partial charge in [0.25, 0.3) is 5.91 Å². The van der Waals surface area contributed by atoms with Crippen LogP contribution < -0.4 is 19.7 Å². The third-order valence-electron chi connectivity index (χ3n) is 3.94. The molecule has 3 rings (SSSR count). The summed E-state index contributed by atoms with van der Waals surface area (Å²) in [5.74, 6) is 1.34. The van der Waals surface area contributed by atoms with Crippen molar-refractivity contribution >= 4 is 35.0 Å². The fourth-order valence-corrected chi connectivity index (χ4v) is 2.96. The van der Waals surface area contributed by atoms with Gasteiger partial charge >= 0.3 is 0 Å². The van der Waals surface area contributed by atoms with Crippen LogP contribution in [0.25, 0.3) is 6.08 Å². The fourth-order valence-electron chi connectivity index (χ4n) is 2.66.